The molecule has 3 rings (SSSR count). The van der Waals surface area contributed by atoms with Gasteiger partial charge in [-0.1, -0.05) is 6.07 Å². The minimum Gasteiger partial charge on any atom is -0.453 e. The summed E-state index contributed by atoms with van der Waals surface area (Å²) in [5, 5.41) is 12.5. The molecule has 1 fully saturated rings. The Morgan fingerprint density at radius 1 is 1.30 bits per heavy atom. The second kappa shape index (κ2) is 6.86. The molecule has 0 aliphatic carbocycles. The first-order valence-corrected chi connectivity index (χ1v) is 7.71. The van der Waals surface area contributed by atoms with Gasteiger partial charge in [-0.25, -0.2) is 4.79 Å². The highest BCUT2D eigenvalue weighted by Gasteiger charge is 2.32. The Morgan fingerprint density at radius 3 is 2.74 bits per heavy atom. The summed E-state index contributed by atoms with van der Waals surface area (Å²) < 4.78 is 16.2. The van der Waals surface area contributed by atoms with Gasteiger partial charge >= 0.3 is 5.97 Å². The van der Waals surface area contributed by atoms with Gasteiger partial charge in [0.25, 0.3) is 5.69 Å². The van der Waals surface area contributed by atoms with Crippen molar-refractivity contribution in [2.45, 2.75) is 12.2 Å². The number of nitro benzene ring substituents is 1. The third-order valence-corrected chi connectivity index (χ3v) is 4.21. The van der Waals surface area contributed by atoms with E-state index in [1.807, 2.05) is 0 Å². The van der Waals surface area contributed by atoms with E-state index in [-0.39, 0.29) is 19.1 Å². The predicted molar refractivity (Wildman–Crippen MR) is 81.3 cm³/mol. The van der Waals surface area contributed by atoms with Crippen LogP contribution in [0.1, 0.15) is 21.3 Å². The molecular weight excluding hydrogens is 322 g/mol. The molecule has 0 amide bonds. The molecule has 0 spiro atoms. The predicted octanol–water partition coefficient (Wildman–Crippen LogP) is 2.93. The van der Waals surface area contributed by atoms with Crippen LogP contribution in [0.3, 0.4) is 0 Å². The Balaban J connectivity index is 1.75. The highest BCUT2D eigenvalue weighted by atomic mass is 32.1. The number of hydrogen-bond acceptors (Lipinski definition) is 7. The molecule has 120 valence electrons. The van der Waals surface area contributed by atoms with Crippen molar-refractivity contribution in [2.75, 3.05) is 13.4 Å². The van der Waals surface area contributed by atoms with Crippen LogP contribution in [0.2, 0.25) is 0 Å². The van der Waals surface area contributed by atoms with E-state index in [2.05, 4.69) is 0 Å². The van der Waals surface area contributed by atoms with Gasteiger partial charge in [-0.2, -0.15) is 0 Å². The third-order valence-electron chi connectivity index (χ3n) is 3.36. The number of carbonyl (C=O) groups excluding carboxylic acids is 1. The summed E-state index contributed by atoms with van der Waals surface area (Å²) in [6, 6.07) is 9.43. The highest BCUT2D eigenvalue weighted by Crippen LogP contribution is 2.29. The second-order valence-corrected chi connectivity index (χ2v) is 5.79. The Morgan fingerprint density at radius 2 is 2.09 bits per heavy atom. The molecule has 2 aromatic rings. The zero-order valence-corrected chi connectivity index (χ0v) is 12.7. The van der Waals surface area contributed by atoms with Crippen molar-refractivity contribution in [1.29, 1.82) is 0 Å². The van der Waals surface area contributed by atoms with Crippen LogP contribution in [0.4, 0.5) is 5.69 Å². The molecule has 0 radical (unpaired) electrons. The van der Waals surface area contributed by atoms with Crippen LogP contribution in [-0.4, -0.2) is 30.4 Å². The molecule has 1 saturated heterocycles. The average molecular weight is 335 g/mol. The monoisotopic (exact) mass is 335 g/mol. The number of rotatable bonds is 4. The number of non-ortho nitro benzene ring substituents is 1. The summed E-state index contributed by atoms with van der Waals surface area (Å²) in [5.74, 6) is -0.439. The molecule has 1 aliphatic heterocycles. The lowest BCUT2D eigenvalue weighted by molar-refractivity contribution is -0.384. The van der Waals surface area contributed by atoms with E-state index in [0.29, 0.717) is 10.4 Å². The Labute approximate surface area is 135 Å². The first kappa shape index (κ1) is 15.6. The van der Waals surface area contributed by atoms with Gasteiger partial charge in [0.05, 0.1) is 11.5 Å². The van der Waals surface area contributed by atoms with E-state index >= 15 is 0 Å². The van der Waals surface area contributed by atoms with Crippen molar-refractivity contribution in [3.8, 4) is 0 Å². The largest absolute Gasteiger partial charge is 0.453 e. The van der Waals surface area contributed by atoms with E-state index in [9.17, 15) is 14.9 Å². The highest BCUT2D eigenvalue weighted by molar-refractivity contribution is 7.11. The molecular formula is C15H13NO6S. The summed E-state index contributed by atoms with van der Waals surface area (Å²) >= 11 is 1.29. The number of esters is 1. The van der Waals surface area contributed by atoms with Crippen LogP contribution < -0.4 is 0 Å². The van der Waals surface area contributed by atoms with Crippen LogP contribution in [0, 0.1) is 10.1 Å². The van der Waals surface area contributed by atoms with Crippen LogP contribution >= 0.6 is 11.3 Å². The van der Waals surface area contributed by atoms with E-state index in [0.717, 1.165) is 0 Å². The maximum Gasteiger partial charge on any atom is 0.348 e. The van der Waals surface area contributed by atoms with Crippen molar-refractivity contribution in [3.63, 3.8) is 0 Å². The molecule has 0 saturated carbocycles. The third kappa shape index (κ3) is 3.55. The molecule has 0 bridgehead atoms. The summed E-state index contributed by atoms with van der Waals surface area (Å²) in [6.45, 7) is 0.285. The second-order valence-electron chi connectivity index (χ2n) is 4.85. The van der Waals surface area contributed by atoms with Gasteiger partial charge in [0.1, 0.15) is 17.8 Å². The van der Waals surface area contributed by atoms with Gasteiger partial charge in [-0.3, -0.25) is 10.1 Å². The molecule has 1 aromatic carbocycles. The van der Waals surface area contributed by atoms with Gasteiger partial charge in [-0.05, 0) is 29.1 Å². The van der Waals surface area contributed by atoms with Gasteiger partial charge in [0.2, 0.25) is 0 Å². The van der Waals surface area contributed by atoms with Crippen LogP contribution in [0.25, 0.3) is 0 Å². The van der Waals surface area contributed by atoms with Gasteiger partial charge in [0.15, 0.2) is 6.10 Å². The first-order chi connectivity index (χ1) is 11.1. The zero-order valence-electron chi connectivity index (χ0n) is 11.9. The molecule has 7 nitrogen and oxygen atoms in total. The maximum atomic E-state index is 12.1. The lowest BCUT2D eigenvalue weighted by atomic mass is 10.0. The molecule has 2 heterocycles. The minimum absolute atomic E-state index is 0.00654. The molecule has 0 N–H and O–H groups in total. The van der Waals surface area contributed by atoms with Crippen molar-refractivity contribution in [2.24, 2.45) is 0 Å². The van der Waals surface area contributed by atoms with Crippen LogP contribution in [0.5, 0.6) is 0 Å². The van der Waals surface area contributed by atoms with Crippen LogP contribution in [-0.2, 0) is 14.2 Å². The molecule has 23 heavy (non-hydrogen) atoms. The lowest BCUT2D eigenvalue weighted by Gasteiger charge is -2.31. The zero-order chi connectivity index (χ0) is 16.2. The SMILES string of the molecule is O=C(O[C@H]1COCO[C@H]1c1ccc([N+](=O)[O-])cc1)c1cccs1. The summed E-state index contributed by atoms with van der Waals surface area (Å²) in [6.07, 6.45) is -1.13. The number of benzene rings is 1. The van der Waals surface area contributed by atoms with E-state index < -0.39 is 23.1 Å². The summed E-state index contributed by atoms with van der Waals surface area (Å²) in [4.78, 5) is 22.8. The Hall–Kier alpha value is -2.29. The molecule has 8 heteroatoms. The number of hydrogen-bond donors (Lipinski definition) is 0. The Bertz CT molecular complexity index is 685. The minimum atomic E-state index is -0.611. The fourth-order valence-electron chi connectivity index (χ4n) is 2.26. The quantitative estimate of drug-likeness (QED) is 0.485. The molecule has 2 atom stereocenters. The molecule has 1 aliphatic rings. The molecule has 1 aromatic heterocycles. The van der Waals surface area contributed by atoms with Crippen LogP contribution in [0.15, 0.2) is 41.8 Å². The van der Waals surface area contributed by atoms with Gasteiger partial charge in [0, 0.05) is 12.1 Å². The molecule has 0 unspecified atom stereocenters. The van der Waals surface area contributed by atoms with Crippen molar-refractivity contribution in [3.05, 3.63) is 62.3 Å². The lowest BCUT2D eigenvalue weighted by Crippen LogP contribution is -2.36. The van der Waals surface area contributed by atoms with Crippen molar-refractivity contribution >= 4 is 23.0 Å². The first-order valence-electron chi connectivity index (χ1n) is 6.83. The smallest absolute Gasteiger partial charge is 0.348 e. The standard InChI is InChI=1S/C15H13NO6S/c17-15(13-2-1-7-23-13)22-12-8-20-9-21-14(12)10-3-5-11(6-4-10)16(18)19/h1-7,12,14H,8-9H2/t12-,14-/m0/s1. The van der Waals surface area contributed by atoms with E-state index in [4.69, 9.17) is 14.2 Å². The Kier molecular flexibility index (Phi) is 4.65. The van der Waals surface area contributed by atoms with Crippen molar-refractivity contribution in [1.82, 2.24) is 0 Å². The average Bonchev–Trinajstić information content (AvgIpc) is 3.10. The topological polar surface area (TPSA) is 87.9 Å². The fraction of sp³-hybridized carbons (Fsp3) is 0.267. The fourth-order valence-corrected chi connectivity index (χ4v) is 2.87. The number of nitrogens with zero attached hydrogens (tertiary/aromatic N) is 1. The van der Waals surface area contributed by atoms with Gasteiger partial charge < -0.3 is 14.2 Å². The number of ether oxygens (including phenoxy) is 3. The number of carbonyl (C=O) groups is 1. The number of nitro groups is 1. The van der Waals surface area contributed by atoms with Gasteiger partial charge in [-0.15, -0.1) is 11.3 Å². The van der Waals surface area contributed by atoms with E-state index in [1.165, 1.54) is 23.5 Å². The van der Waals surface area contributed by atoms with Crippen molar-refractivity contribution < 1.29 is 23.9 Å². The summed E-state index contributed by atoms with van der Waals surface area (Å²) in [5.41, 5.74) is 0.691. The summed E-state index contributed by atoms with van der Waals surface area (Å²) in [7, 11) is 0. The number of thiophene rings is 1. The van der Waals surface area contributed by atoms with E-state index in [1.54, 1.807) is 29.6 Å². The normalized spacial score (nSPS) is 20.9. The maximum absolute atomic E-state index is 12.1.